The second-order valence-electron chi connectivity index (χ2n) is 9.63. The van der Waals surface area contributed by atoms with E-state index < -0.39 is 54.5 Å². The third-order valence-corrected chi connectivity index (χ3v) is 6.62. The van der Waals surface area contributed by atoms with Crippen molar-refractivity contribution in [3.05, 3.63) is 36.0 Å². The predicted octanol–water partition coefficient (Wildman–Crippen LogP) is -1.33. The molecule has 220 valence electrons. The molecule has 14 heteroatoms. The second-order valence-corrected chi connectivity index (χ2v) is 9.63. The number of nitrogens with one attached hydrogen (secondary N) is 4. The molecular formula is C26H40N8O6. The van der Waals surface area contributed by atoms with E-state index in [0.717, 1.165) is 16.5 Å². The number of aromatic nitrogens is 1. The van der Waals surface area contributed by atoms with Crippen LogP contribution < -0.4 is 33.2 Å². The molecule has 1 heterocycles. The monoisotopic (exact) mass is 560 g/mol. The van der Waals surface area contributed by atoms with Gasteiger partial charge in [0.15, 0.2) is 5.96 Å². The number of carbonyl (C=O) groups excluding carboxylic acids is 3. The normalized spacial score (nSPS) is 14.8. The van der Waals surface area contributed by atoms with Crippen LogP contribution in [0.5, 0.6) is 0 Å². The van der Waals surface area contributed by atoms with E-state index in [1.54, 1.807) is 20.0 Å². The Morgan fingerprint density at radius 2 is 1.70 bits per heavy atom. The van der Waals surface area contributed by atoms with Crippen molar-refractivity contribution in [3.63, 3.8) is 0 Å². The van der Waals surface area contributed by atoms with Gasteiger partial charge in [0.2, 0.25) is 17.7 Å². The second kappa shape index (κ2) is 15.4. The highest BCUT2D eigenvalue weighted by Gasteiger charge is 2.32. The maximum absolute atomic E-state index is 13.3. The smallest absolute Gasteiger partial charge is 0.328 e. The lowest BCUT2D eigenvalue weighted by atomic mass is 9.97. The maximum atomic E-state index is 13.3. The highest BCUT2D eigenvalue weighted by atomic mass is 16.4. The molecule has 1 aromatic carbocycles. The summed E-state index contributed by atoms with van der Waals surface area (Å²) in [7, 11) is 0. The maximum Gasteiger partial charge on any atom is 0.328 e. The average molecular weight is 561 g/mol. The minimum absolute atomic E-state index is 0.115. The van der Waals surface area contributed by atoms with E-state index in [2.05, 4.69) is 25.9 Å². The molecule has 0 bridgehead atoms. The van der Waals surface area contributed by atoms with Crippen molar-refractivity contribution in [1.82, 2.24) is 20.9 Å². The van der Waals surface area contributed by atoms with Crippen molar-refractivity contribution in [2.45, 2.75) is 63.7 Å². The zero-order valence-electron chi connectivity index (χ0n) is 22.7. The summed E-state index contributed by atoms with van der Waals surface area (Å²) in [5.41, 5.74) is 18.7. The van der Waals surface area contributed by atoms with Crippen LogP contribution >= 0.6 is 0 Å². The van der Waals surface area contributed by atoms with E-state index in [1.165, 1.54) is 0 Å². The van der Waals surface area contributed by atoms with Crippen molar-refractivity contribution in [2.24, 2.45) is 28.1 Å². The van der Waals surface area contributed by atoms with Crippen LogP contribution in [-0.4, -0.2) is 82.2 Å². The first-order valence-electron chi connectivity index (χ1n) is 13.1. The van der Waals surface area contributed by atoms with Gasteiger partial charge in [-0.2, -0.15) is 0 Å². The fourth-order valence-corrected chi connectivity index (χ4v) is 4.08. The van der Waals surface area contributed by atoms with E-state index in [9.17, 15) is 29.4 Å². The Morgan fingerprint density at radius 3 is 2.33 bits per heavy atom. The minimum atomic E-state index is -1.53. The van der Waals surface area contributed by atoms with Crippen LogP contribution in [0.15, 0.2) is 35.5 Å². The van der Waals surface area contributed by atoms with Gasteiger partial charge in [0.25, 0.3) is 0 Å². The number of nitrogens with zero attached hydrogens (tertiary/aromatic N) is 1. The summed E-state index contributed by atoms with van der Waals surface area (Å²) in [6.45, 7) is 2.90. The molecule has 0 aliphatic rings. The van der Waals surface area contributed by atoms with Gasteiger partial charge in [-0.15, -0.1) is 0 Å². The molecule has 0 radical (unpaired) electrons. The lowest BCUT2D eigenvalue weighted by molar-refractivity contribution is -0.143. The highest BCUT2D eigenvalue weighted by Crippen LogP contribution is 2.19. The SMILES string of the molecule is CCC(C)C(NC(=O)C(CCCN=C(N)N)NC(=O)C(N)Cc1c[nH]c2ccccc12)C(=O)NC(CO)C(=O)O. The summed E-state index contributed by atoms with van der Waals surface area (Å²) in [6, 6.07) is 2.88. The van der Waals surface area contributed by atoms with Crippen LogP contribution in [0.2, 0.25) is 0 Å². The number of nitrogens with two attached hydrogens (primary N) is 3. The molecule has 5 unspecified atom stereocenters. The van der Waals surface area contributed by atoms with Crippen LogP contribution in [0.25, 0.3) is 10.9 Å². The lowest BCUT2D eigenvalue weighted by Crippen LogP contribution is -2.59. The van der Waals surface area contributed by atoms with Crippen LogP contribution in [0.4, 0.5) is 0 Å². The average Bonchev–Trinajstić information content (AvgIpc) is 3.33. The van der Waals surface area contributed by atoms with Crippen molar-refractivity contribution >= 4 is 40.6 Å². The Kier molecular flexibility index (Phi) is 12.4. The first kappa shape index (κ1) is 32.0. The number of hydrogen-bond donors (Lipinski definition) is 9. The molecule has 2 aromatic rings. The number of aliphatic imine (C=N–C) groups is 1. The number of carboxylic acid groups (broad SMARTS) is 1. The zero-order chi connectivity index (χ0) is 29.8. The number of carboxylic acids is 1. The molecule has 12 N–H and O–H groups in total. The fourth-order valence-electron chi connectivity index (χ4n) is 4.08. The molecule has 5 atom stereocenters. The first-order valence-corrected chi connectivity index (χ1v) is 13.1. The number of para-hydroxylation sites is 1. The Morgan fingerprint density at radius 1 is 1.02 bits per heavy atom. The number of aliphatic hydroxyl groups excluding tert-OH is 1. The quantitative estimate of drug-likeness (QED) is 0.0669. The Bertz CT molecular complexity index is 1190. The Balaban J connectivity index is 2.18. The topological polar surface area (TPSA) is 251 Å². The number of amides is 3. The van der Waals surface area contributed by atoms with E-state index in [4.69, 9.17) is 17.2 Å². The van der Waals surface area contributed by atoms with Gasteiger partial charge >= 0.3 is 5.97 Å². The van der Waals surface area contributed by atoms with Crippen LogP contribution in [0, 0.1) is 5.92 Å². The predicted molar refractivity (Wildman–Crippen MR) is 150 cm³/mol. The van der Waals surface area contributed by atoms with Crippen LogP contribution in [0.1, 0.15) is 38.7 Å². The number of aromatic amines is 1. The van der Waals surface area contributed by atoms with E-state index in [-0.39, 0.29) is 31.3 Å². The van der Waals surface area contributed by atoms with E-state index >= 15 is 0 Å². The number of fused-ring (bicyclic) bond motifs is 1. The van der Waals surface area contributed by atoms with Gasteiger partial charge in [-0.3, -0.25) is 19.4 Å². The molecule has 2 rings (SSSR count). The lowest BCUT2D eigenvalue weighted by Gasteiger charge is -2.28. The number of carbonyl (C=O) groups is 4. The summed E-state index contributed by atoms with van der Waals surface area (Å²) in [5.74, 6) is -3.92. The molecule has 0 aliphatic heterocycles. The molecule has 1 aromatic heterocycles. The molecule has 0 aliphatic carbocycles. The largest absolute Gasteiger partial charge is 0.480 e. The summed E-state index contributed by atoms with van der Waals surface area (Å²) in [6.07, 6.45) is 2.94. The molecule has 3 amide bonds. The summed E-state index contributed by atoms with van der Waals surface area (Å²) in [5, 5.41) is 26.9. The fraction of sp³-hybridized carbons (Fsp3) is 0.500. The number of rotatable bonds is 16. The minimum Gasteiger partial charge on any atom is -0.480 e. The van der Waals surface area contributed by atoms with Gasteiger partial charge in [0.1, 0.15) is 18.1 Å². The zero-order valence-corrected chi connectivity index (χ0v) is 22.7. The molecule has 0 fully saturated rings. The molecule has 0 saturated carbocycles. The molecular weight excluding hydrogens is 520 g/mol. The van der Waals surface area contributed by atoms with Gasteiger partial charge in [0.05, 0.1) is 12.6 Å². The summed E-state index contributed by atoms with van der Waals surface area (Å²) < 4.78 is 0. The third kappa shape index (κ3) is 9.24. The molecule has 0 spiro atoms. The molecule has 40 heavy (non-hydrogen) atoms. The van der Waals surface area contributed by atoms with Crippen molar-refractivity contribution < 1.29 is 29.4 Å². The van der Waals surface area contributed by atoms with Crippen molar-refractivity contribution in [1.29, 1.82) is 0 Å². The number of aliphatic carboxylic acids is 1. The summed E-state index contributed by atoms with van der Waals surface area (Å²) in [4.78, 5) is 57.6. The van der Waals surface area contributed by atoms with Crippen molar-refractivity contribution in [2.75, 3.05) is 13.2 Å². The molecule has 14 nitrogen and oxygen atoms in total. The van der Waals surface area contributed by atoms with Crippen LogP contribution in [0.3, 0.4) is 0 Å². The van der Waals surface area contributed by atoms with Crippen LogP contribution in [-0.2, 0) is 25.6 Å². The highest BCUT2D eigenvalue weighted by molar-refractivity contribution is 5.94. The standard InChI is InChI=1S/C26H40N8O6/c1-3-14(2)21(24(38)33-20(13-35)25(39)40)34-23(37)19(9-6-10-30-26(28)29)32-22(36)17(27)11-15-12-31-18-8-5-4-7-16(15)18/h4-5,7-8,12,14,17,19-21,31,35H,3,6,9-11,13,27H2,1-2H3,(H,32,36)(H,33,38)(H,34,37)(H,39,40)(H4,28,29,30). The van der Waals surface area contributed by atoms with Gasteiger partial charge in [-0.25, -0.2) is 4.79 Å². The third-order valence-electron chi connectivity index (χ3n) is 6.62. The van der Waals surface area contributed by atoms with Gasteiger partial charge in [0, 0.05) is 23.6 Å². The summed E-state index contributed by atoms with van der Waals surface area (Å²) >= 11 is 0. The van der Waals surface area contributed by atoms with Crippen molar-refractivity contribution in [3.8, 4) is 0 Å². The number of benzene rings is 1. The molecule has 0 saturated heterocycles. The Labute approximate surface area is 232 Å². The number of guanidine groups is 1. The Hall–Kier alpha value is -4.17. The number of aliphatic hydroxyl groups is 1. The van der Waals surface area contributed by atoms with E-state index in [0.29, 0.717) is 12.8 Å². The first-order chi connectivity index (χ1) is 19.0. The van der Waals surface area contributed by atoms with E-state index in [1.807, 2.05) is 24.3 Å². The number of H-pyrrole nitrogens is 1. The number of hydrogen-bond acceptors (Lipinski definition) is 7. The van der Waals surface area contributed by atoms with Gasteiger partial charge in [-0.05, 0) is 36.8 Å². The van der Waals surface area contributed by atoms with Gasteiger partial charge < -0.3 is 48.3 Å². The van der Waals surface area contributed by atoms with Gasteiger partial charge in [-0.1, -0.05) is 38.5 Å².